The van der Waals surface area contributed by atoms with Crippen LogP contribution in [0.3, 0.4) is 0 Å². The lowest BCUT2D eigenvalue weighted by Crippen LogP contribution is -2.37. The molecule has 31 heavy (non-hydrogen) atoms. The SMILES string of the molecule is Cn1c(=O)c2c(nc(SCCCc3ccccc3)n2Cc2ccccc2Cl)n(C)c1=O. The highest BCUT2D eigenvalue weighted by Gasteiger charge is 2.20. The Hall–Kier alpha value is -2.77. The number of halogens is 1. The van der Waals surface area contributed by atoms with Gasteiger partial charge < -0.3 is 4.57 Å². The molecule has 2 heterocycles. The van der Waals surface area contributed by atoms with E-state index >= 15 is 0 Å². The second-order valence-electron chi connectivity index (χ2n) is 7.39. The van der Waals surface area contributed by atoms with Crippen molar-refractivity contribution in [1.82, 2.24) is 18.7 Å². The van der Waals surface area contributed by atoms with Gasteiger partial charge in [-0.2, -0.15) is 0 Å². The number of aromatic nitrogens is 4. The molecule has 6 nitrogen and oxygen atoms in total. The highest BCUT2D eigenvalue weighted by Crippen LogP contribution is 2.26. The standard InChI is InChI=1S/C23H23ClN4O2S/c1-26-20-19(21(29)27(2)23(26)30)28(15-17-12-6-7-13-18(17)24)22(25-20)31-14-8-11-16-9-4-3-5-10-16/h3-7,9-10,12-13H,8,11,14-15H2,1-2H3. The molecule has 2 aromatic heterocycles. The summed E-state index contributed by atoms with van der Waals surface area (Å²) in [4.78, 5) is 30.1. The Kier molecular flexibility index (Phi) is 6.34. The molecule has 0 aliphatic carbocycles. The van der Waals surface area contributed by atoms with Crippen molar-refractivity contribution in [2.75, 3.05) is 5.75 Å². The van der Waals surface area contributed by atoms with Gasteiger partial charge in [0.1, 0.15) is 0 Å². The Morgan fingerprint density at radius 2 is 1.68 bits per heavy atom. The number of benzene rings is 2. The van der Waals surface area contributed by atoms with E-state index in [2.05, 4.69) is 17.1 Å². The first-order valence-corrected chi connectivity index (χ1v) is 11.4. The van der Waals surface area contributed by atoms with Gasteiger partial charge in [-0.15, -0.1) is 0 Å². The van der Waals surface area contributed by atoms with Crippen LogP contribution in [0.25, 0.3) is 11.2 Å². The normalized spacial score (nSPS) is 11.3. The molecule has 2 aromatic carbocycles. The summed E-state index contributed by atoms with van der Waals surface area (Å²) >= 11 is 7.98. The van der Waals surface area contributed by atoms with E-state index in [0.29, 0.717) is 27.9 Å². The highest BCUT2D eigenvalue weighted by atomic mass is 35.5. The van der Waals surface area contributed by atoms with E-state index in [-0.39, 0.29) is 11.2 Å². The van der Waals surface area contributed by atoms with Crippen LogP contribution in [0.2, 0.25) is 5.02 Å². The molecule has 0 aliphatic heterocycles. The van der Waals surface area contributed by atoms with Gasteiger partial charge in [0.2, 0.25) is 0 Å². The van der Waals surface area contributed by atoms with Crippen LogP contribution in [0.4, 0.5) is 0 Å². The molecule has 4 rings (SSSR count). The van der Waals surface area contributed by atoms with Gasteiger partial charge >= 0.3 is 5.69 Å². The van der Waals surface area contributed by atoms with Crippen LogP contribution in [0.1, 0.15) is 17.5 Å². The van der Waals surface area contributed by atoms with Crippen LogP contribution in [-0.2, 0) is 27.1 Å². The monoisotopic (exact) mass is 454 g/mol. The Bertz CT molecular complexity index is 1340. The number of imidazole rings is 1. The van der Waals surface area contributed by atoms with E-state index in [1.54, 1.807) is 18.8 Å². The number of thioether (sulfide) groups is 1. The molecule has 4 aromatic rings. The molecule has 0 saturated carbocycles. The van der Waals surface area contributed by atoms with Crippen molar-refractivity contribution >= 4 is 34.5 Å². The molecule has 0 radical (unpaired) electrons. The number of hydrogen-bond acceptors (Lipinski definition) is 4. The predicted molar refractivity (Wildman–Crippen MR) is 126 cm³/mol. The van der Waals surface area contributed by atoms with E-state index in [1.807, 2.05) is 47.0 Å². The van der Waals surface area contributed by atoms with Crippen LogP contribution in [0, 0.1) is 0 Å². The summed E-state index contributed by atoms with van der Waals surface area (Å²) < 4.78 is 4.43. The third-order valence-electron chi connectivity index (χ3n) is 5.28. The van der Waals surface area contributed by atoms with Gasteiger partial charge in [-0.3, -0.25) is 13.9 Å². The van der Waals surface area contributed by atoms with E-state index in [9.17, 15) is 9.59 Å². The van der Waals surface area contributed by atoms with Crippen molar-refractivity contribution in [3.63, 3.8) is 0 Å². The summed E-state index contributed by atoms with van der Waals surface area (Å²) in [6.45, 7) is 0.407. The van der Waals surface area contributed by atoms with Crippen molar-refractivity contribution < 1.29 is 0 Å². The lowest BCUT2D eigenvalue weighted by molar-refractivity contribution is 0.696. The molecule has 0 saturated heterocycles. The van der Waals surface area contributed by atoms with E-state index in [0.717, 1.165) is 28.7 Å². The maximum atomic E-state index is 13.0. The number of hydrogen-bond donors (Lipinski definition) is 0. The van der Waals surface area contributed by atoms with E-state index < -0.39 is 0 Å². The van der Waals surface area contributed by atoms with Gasteiger partial charge in [0.25, 0.3) is 5.56 Å². The number of fused-ring (bicyclic) bond motifs is 1. The third kappa shape index (κ3) is 4.34. The minimum atomic E-state index is -0.388. The van der Waals surface area contributed by atoms with Crippen LogP contribution in [-0.4, -0.2) is 24.4 Å². The number of aryl methyl sites for hydroxylation is 2. The van der Waals surface area contributed by atoms with Crippen LogP contribution < -0.4 is 11.2 Å². The average molecular weight is 455 g/mol. The van der Waals surface area contributed by atoms with Crippen LogP contribution in [0.15, 0.2) is 69.3 Å². The second kappa shape index (κ2) is 9.16. The largest absolute Gasteiger partial charge is 0.332 e. The van der Waals surface area contributed by atoms with Crippen molar-refractivity contribution in [3.8, 4) is 0 Å². The fourth-order valence-corrected chi connectivity index (χ4v) is 4.69. The molecule has 0 unspecified atom stereocenters. The molecule has 160 valence electrons. The van der Waals surface area contributed by atoms with Gasteiger partial charge in [0.15, 0.2) is 16.3 Å². The average Bonchev–Trinajstić information content (AvgIpc) is 3.14. The third-order valence-corrected chi connectivity index (χ3v) is 6.71. The second-order valence-corrected chi connectivity index (χ2v) is 8.86. The van der Waals surface area contributed by atoms with Crippen LogP contribution >= 0.6 is 23.4 Å². The zero-order chi connectivity index (χ0) is 22.0. The molecule has 0 amide bonds. The summed E-state index contributed by atoms with van der Waals surface area (Å²) in [7, 11) is 3.13. The summed E-state index contributed by atoms with van der Waals surface area (Å²) in [6.07, 6.45) is 1.94. The lowest BCUT2D eigenvalue weighted by Gasteiger charge is -2.11. The molecule has 0 spiro atoms. The maximum Gasteiger partial charge on any atom is 0.332 e. The summed E-state index contributed by atoms with van der Waals surface area (Å²) in [5.74, 6) is 0.842. The molecule has 0 fully saturated rings. The van der Waals surface area contributed by atoms with Gasteiger partial charge in [-0.25, -0.2) is 9.78 Å². The zero-order valence-corrected chi connectivity index (χ0v) is 19.0. The molecular weight excluding hydrogens is 432 g/mol. The van der Waals surface area contributed by atoms with Crippen molar-refractivity contribution in [1.29, 1.82) is 0 Å². The molecular formula is C23H23ClN4O2S. The minimum absolute atomic E-state index is 0.353. The van der Waals surface area contributed by atoms with Crippen molar-refractivity contribution in [2.45, 2.75) is 24.5 Å². The molecule has 0 aliphatic rings. The molecule has 0 bridgehead atoms. The molecule has 8 heteroatoms. The summed E-state index contributed by atoms with van der Waals surface area (Å²) in [6, 6.07) is 17.9. The fraction of sp³-hybridized carbons (Fsp3) is 0.261. The lowest BCUT2D eigenvalue weighted by atomic mass is 10.1. The van der Waals surface area contributed by atoms with Gasteiger partial charge in [-0.1, -0.05) is 71.9 Å². The first kappa shape index (κ1) is 21.5. The summed E-state index contributed by atoms with van der Waals surface area (Å²) in [5.41, 5.74) is 2.25. The maximum absolute atomic E-state index is 13.0. The number of rotatable bonds is 7. The van der Waals surface area contributed by atoms with E-state index in [1.165, 1.54) is 17.2 Å². The van der Waals surface area contributed by atoms with Crippen molar-refractivity contribution in [2.24, 2.45) is 14.1 Å². The highest BCUT2D eigenvalue weighted by molar-refractivity contribution is 7.99. The summed E-state index contributed by atoms with van der Waals surface area (Å²) in [5, 5.41) is 1.34. The van der Waals surface area contributed by atoms with Gasteiger partial charge in [-0.05, 0) is 30.0 Å². The first-order valence-electron chi connectivity index (χ1n) is 10.0. The smallest absolute Gasteiger partial charge is 0.309 e. The zero-order valence-electron chi connectivity index (χ0n) is 17.4. The molecule has 0 N–H and O–H groups in total. The Balaban J connectivity index is 1.70. The van der Waals surface area contributed by atoms with Gasteiger partial charge in [0.05, 0.1) is 6.54 Å². The minimum Gasteiger partial charge on any atom is -0.309 e. The van der Waals surface area contributed by atoms with Crippen LogP contribution in [0.5, 0.6) is 0 Å². The fourth-order valence-electron chi connectivity index (χ4n) is 3.56. The van der Waals surface area contributed by atoms with Gasteiger partial charge in [0, 0.05) is 24.9 Å². The predicted octanol–water partition coefficient (Wildman–Crippen LogP) is 3.86. The Morgan fingerprint density at radius 3 is 2.42 bits per heavy atom. The molecule has 0 atom stereocenters. The van der Waals surface area contributed by atoms with Crippen molar-refractivity contribution in [3.05, 3.63) is 91.6 Å². The van der Waals surface area contributed by atoms with E-state index in [4.69, 9.17) is 11.6 Å². The quantitative estimate of drug-likeness (QED) is 0.314. The topological polar surface area (TPSA) is 61.8 Å². The first-order chi connectivity index (χ1) is 15.0. The number of nitrogens with zero attached hydrogens (tertiary/aromatic N) is 4. The Morgan fingerprint density at radius 1 is 0.968 bits per heavy atom. The Labute approximate surface area is 189 Å².